The van der Waals surface area contributed by atoms with E-state index in [0.717, 1.165) is 15.6 Å². The molecule has 0 aliphatic heterocycles. The van der Waals surface area contributed by atoms with E-state index < -0.39 is 10.0 Å². The van der Waals surface area contributed by atoms with Gasteiger partial charge in [0.1, 0.15) is 12.2 Å². The number of thiophene rings is 1. The quantitative estimate of drug-likeness (QED) is 0.789. The largest absolute Gasteiger partial charge is 0.263 e. The van der Waals surface area contributed by atoms with Crippen LogP contribution < -0.4 is 4.72 Å². The molecule has 8 heteroatoms. The van der Waals surface area contributed by atoms with E-state index in [0.29, 0.717) is 24.3 Å². The van der Waals surface area contributed by atoms with Crippen LogP contribution >= 0.6 is 11.3 Å². The monoisotopic (exact) mass is 300 g/mol. The number of aromatic amines is 1. The van der Waals surface area contributed by atoms with Crippen LogP contribution in [0.1, 0.15) is 22.0 Å². The summed E-state index contributed by atoms with van der Waals surface area (Å²) in [6.07, 6.45) is 2.79. The summed E-state index contributed by atoms with van der Waals surface area (Å²) >= 11 is 1.49. The molecular formula is C11H16N4O2S2. The highest BCUT2D eigenvalue weighted by Crippen LogP contribution is 2.24. The Kier molecular flexibility index (Phi) is 4.33. The van der Waals surface area contributed by atoms with Crippen molar-refractivity contribution < 1.29 is 8.42 Å². The average Bonchev–Trinajstić information content (AvgIpc) is 2.94. The maximum atomic E-state index is 12.1. The van der Waals surface area contributed by atoms with Gasteiger partial charge in [0.25, 0.3) is 0 Å². The maximum absolute atomic E-state index is 12.1. The van der Waals surface area contributed by atoms with Crippen molar-refractivity contribution in [3.8, 4) is 0 Å². The summed E-state index contributed by atoms with van der Waals surface area (Å²) in [7, 11) is -3.40. The number of nitrogens with zero attached hydrogens (tertiary/aromatic N) is 2. The summed E-state index contributed by atoms with van der Waals surface area (Å²) in [4.78, 5) is 6.19. The summed E-state index contributed by atoms with van der Waals surface area (Å²) in [6.45, 7) is 4.11. The molecule has 2 aromatic heterocycles. The SMILES string of the molecule is Cc1cc(S(=O)(=O)NCCCc2ncn[nH]2)c(C)s1. The zero-order chi connectivity index (χ0) is 13.9. The number of hydrogen-bond acceptors (Lipinski definition) is 5. The van der Waals surface area contributed by atoms with Gasteiger partial charge in [0.05, 0.1) is 4.90 Å². The molecule has 0 saturated heterocycles. The molecule has 0 aliphatic carbocycles. The summed E-state index contributed by atoms with van der Waals surface area (Å²) in [5.41, 5.74) is 0. The summed E-state index contributed by atoms with van der Waals surface area (Å²) in [6, 6.07) is 1.71. The molecule has 2 heterocycles. The van der Waals surface area contributed by atoms with Gasteiger partial charge >= 0.3 is 0 Å². The van der Waals surface area contributed by atoms with E-state index in [-0.39, 0.29) is 0 Å². The Balaban J connectivity index is 1.89. The standard InChI is InChI=1S/C11H16N4O2S2/c1-8-6-10(9(2)18-8)19(16,17)14-5-3-4-11-12-7-13-15-11/h6-7,14H,3-5H2,1-2H3,(H,12,13,15). The minimum Gasteiger partial charge on any atom is -0.263 e. The van der Waals surface area contributed by atoms with Gasteiger partial charge in [0.2, 0.25) is 10.0 Å². The molecular weight excluding hydrogens is 284 g/mol. The Morgan fingerprint density at radius 2 is 2.21 bits per heavy atom. The molecule has 104 valence electrons. The van der Waals surface area contributed by atoms with Gasteiger partial charge in [-0.1, -0.05) is 0 Å². The van der Waals surface area contributed by atoms with Crippen molar-refractivity contribution in [2.24, 2.45) is 0 Å². The molecule has 19 heavy (non-hydrogen) atoms. The molecule has 0 saturated carbocycles. The molecule has 0 aliphatic rings. The van der Waals surface area contributed by atoms with E-state index in [4.69, 9.17) is 0 Å². The molecule has 0 atom stereocenters. The Hall–Kier alpha value is -1.25. The van der Waals surface area contributed by atoms with Gasteiger partial charge in [-0.3, -0.25) is 5.10 Å². The lowest BCUT2D eigenvalue weighted by atomic mass is 10.3. The van der Waals surface area contributed by atoms with Gasteiger partial charge in [-0.05, 0) is 26.3 Å². The summed E-state index contributed by atoms with van der Waals surface area (Å²) in [5.74, 6) is 0.766. The first-order chi connectivity index (χ1) is 8.99. The molecule has 0 bridgehead atoms. The molecule has 0 aromatic carbocycles. The van der Waals surface area contributed by atoms with Crippen molar-refractivity contribution in [1.29, 1.82) is 0 Å². The fourth-order valence-electron chi connectivity index (χ4n) is 1.77. The lowest BCUT2D eigenvalue weighted by Gasteiger charge is -2.05. The van der Waals surface area contributed by atoms with Crippen molar-refractivity contribution in [2.75, 3.05) is 6.54 Å². The van der Waals surface area contributed by atoms with Crippen molar-refractivity contribution in [3.63, 3.8) is 0 Å². The molecule has 0 spiro atoms. The summed E-state index contributed by atoms with van der Waals surface area (Å²) in [5, 5.41) is 6.48. The van der Waals surface area contributed by atoms with Gasteiger partial charge in [-0.15, -0.1) is 11.3 Å². The smallest absolute Gasteiger partial charge is 0.241 e. The second-order valence-electron chi connectivity index (χ2n) is 4.21. The molecule has 0 radical (unpaired) electrons. The number of sulfonamides is 1. The van der Waals surface area contributed by atoms with Crippen LogP contribution in [0.2, 0.25) is 0 Å². The van der Waals surface area contributed by atoms with Gasteiger partial charge < -0.3 is 0 Å². The topological polar surface area (TPSA) is 87.7 Å². The highest BCUT2D eigenvalue weighted by Gasteiger charge is 2.18. The van der Waals surface area contributed by atoms with Crippen molar-refractivity contribution in [1.82, 2.24) is 19.9 Å². The van der Waals surface area contributed by atoms with Crippen LogP contribution in [0.15, 0.2) is 17.3 Å². The van der Waals surface area contributed by atoms with Gasteiger partial charge in [0, 0.05) is 22.7 Å². The van der Waals surface area contributed by atoms with Crippen LogP contribution in [0, 0.1) is 13.8 Å². The predicted octanol–water partition coefficient (Wildman–Crippen LogP) is 1.39. The molecule has 2 rings (SSSR count). The van der Waals surface area contributed by atoms with Crippen LogP contribution in [-0.2, 0) is 16.4 Å². The van der Waals surface area contributed by atoms with Crippen LogP contribution in [0.3, 0.4) is 0 Å². The van der Waals surface area contributed by atoms with Crippen LogP contribution in [0.25, 0.3) is 0 Å². The number of aryl methyl sites for hydroxylation is 3. The number of hydrogen-bond donors (Lipinski definition) is 2. The molecule has 2 aromatic rings. The summed E-state index contributed by atoms with van der Waals surface area (Å²) < 4.78 is 26.8. The fraction of sp³-hybridized carbons (Fsp3) is 0.455. The Labute approximate surface area is 116 Å². The van der Waals surface area contributed by atoms with E-state index in [1.54, 1.807) is 6.07 Å². The normalized spacial score (nSPS) is 11.9. The van der Waals surface area contributed by atoms with E-state index in [9.17, 15) is 8.42 Å². The number of aromatic nitrogens is 3. The van der Waals surface area contributed by atoms with Crippen LogP contribution in [0.5, 0.6) is 0 Å². The van der Waals surface area contributed by atoms with Gasteiger partial charge in [0.15, 0.2) is 0 Å². The maximum Gasteiger partial charge on any atom is 0.241 e. The van der Waals surface area contributed by atoms with E-state index in [1.165, 1.54) is 17.7 Å². The predicted molar refractivity (Wildman–Crippen MR) is 73.7 cm³/mol. The number of H-pyrrole nitrogens is 1. The van der Waals surface area contributed by atoms with Gasteiger partial charge in [-0.2, -0.15) is 5.10 Å². The zero-order valence-corrected chi connectivity index (χ0v) is 12.4. The third-order valence-corrected chi connectivity index (χ3v) is 5.31. The molecule has 0 fully saturated rings. The lowest BCUT2D eigenvalue weighted by Crippen LogP contribution is -2.25. The Morgan fingerprint density at radius 1 is 1.42 bits per heavy atom. The molecule has 6 nitrogen and oxygen atoms in total. The second-order valence-corrected chi connectivity index (χ2v) is 7.41. The first kappa shape index (κ1) is 14.2. The third-order valence-electron chi connectivity index (χ3n) is 2.63. The highest BCUT2D eigenvalue weighted by molar-refractivity contribution is 7.89. The Bertz CT molecular complexity index is 632. The fourth-order valence-corrected chi connectivity index (χ4v) is 4.39. The molecule has 2 N–H and O–H groups in total. The minimum atomic E-state index is -3.40. The third kappa shape index (κ3) is 3.62. The molecule has 0 amide bonds. The van der Waals surface area contributed by atoms with Gasteiger partial charge in [-0.25, -0.2) is 18.1 Å². The zero-order valence-electron chi connectivity index (χ0n) is 10.8. The van der Waals surface area contributed by atoms with Crippen molar-refractivity contribution in [3.05, 3.63) is 28.0 Å². The highest BCUT2D eigenvalue weighted by atomic mass is 32.2. The second kappa shape index (κ2) is 5.81. The molecule has 0 unspecified atom stereocenters. The van der Waals surface area contributed by atoms with E-state index >= 15 is 0 Å². The lowest BCUT2D eigenvalue weighted by molar-refractivity contribution is 0.578. The van der Waals surface area contributed by atoms with Crippen molar-refractivity contribution in [2.45, 2.75) is 31.6 Å². The van der Waals surface area contributed by atoms with E-state index in [1.807, 2.05) is 13.8 Å². The number of nitrogens with one attached hydrogen (secondary N) is 2. The minimum absolute atomic E-state index is 0.384. The van der Waals surface area contributed by atoms with Crippen LogP contribution in [-0.4, -0.2) is 30.1 Å². The average molecular weight is 300 g/mol. The van der Waals surface area contributed by atoms with Crippen LogP contribution in [0.4, 0.5) is 0 Å². The van der Waals surface area contributed by atoms with Crippen molar-refractivity contribution >= 4 is 21.4 Å². The first-order valence-corrected chi connectivity index (χ1v) is 8.20. The van der Waals surface area contributed by atoms with E-state index in [2.05, 4.69) is 19.9 Å². The first-order valence-electron chi connectivity index (χ1n) is 5.90. The number of rotatable bonds is 6. The Morgan fingerprint density at radius 3 is 2.79 bits per heavy atom.